The molecule has 3 aliphatic rings. The first-order valence-corrected chi connectivity index (χ1v) is 15.0. The molecule has 0 bridgehead atoms. The molecule has 5 heteroatoms. The van der Waals surface area contributed by atoms with Gasteiger partial charge in [-0.25, -0.2) is 0 Å². The highest BCUT2D eigenvalue weighted by Crippen LogP contribution is 2.39. The van der Waals surface area contributed by atoms with Crippen LogP contribution < -0.4 is 10.2 Å². The van der Waals surface area contributed by atoms with E-state index < -0.39 is 11.6 Å². The smallest absolute Gasteiger partial charge is 0.250 e. The van der Waals surface area contributed by atoms with E-state index in [1.54, 1.807) is 0 Å². The molecule has 2 fully saturated rings. The molecule has 2 amide bonds. The normalized spacial score (nSPS) is 21.2. The minimum absolute atomic E-state index is 0.0452. The maximum absolute atomic E-state index is 13.9. The molecule has 2 aromatic rings. The molecular formula is C33H45N3O2. The molecule has 0 unspecified atom stereocenters. The number of fused-ring (bicyclic) bond motifs is 1. The number of hydrogen-bond donors (Lipinski definition) is 1. The zero-order chi connectivity index (χ0) is 26.5. The van der Waals surface area contributed by atoms with Gasteiger partial charge < -0.3 is 10.2 Å². The van der Waals surface area contributed by atoms with Gasteiger partial charge in [-0.05, 0) is 99.1 Å². The molecule has 2 saturated heterocycles. The number of piperazine rings is 1. The fourth-order valence-electron chi connectivity index (χ4n) is 6.79. The lowest BCUT2D eigenvalue weighted by Gasteiger charge is -2.51. The van der Waals surface area contributed by atoms with Crippen LogP contribution in [0, 0.1) is 5.92 Å². The predicted molar refractivity (Wildman–Crippen MR) is 154 cm³/mol. The van der Waals surface area contributed by atoms with Crippen LogP contribution in [0.2, 0.25) is 0 Å². The van der Waals surface area contributed by atoms with Crippen molar-refractivity contribution >= 4 is 17.5 Å². The van der Waals surface area contributed by atoms with Crippen LogP contribution in [0.1, 0.15) is 81.9 Å². The van der Waals surface area contributed by atoms with Gasteiger partial charge in [0.1, 0.15) is 11.6 Å². The summed E-state index contributed by atoms with van der Waals surface area (Å²) in [7, 11) is 0. The van der Waals surface area contributed by atoms with Crippen LogP contribution in [0.5, 0.6) is 0 Å². The topological polar surface area (TPSA) is 52.7 Å². The van der Waals surface area contributed by atoms with Crippen LogP contribution in [0.15, 0.2) is 48.5 Å². The molecule has 204 valence electrons. The maximum Gasteiger partial charge on any atom is 0.250 e. The SMILES string of the molecule is CC(C)C[C@@H]1NC(=O)C2(CCN(CCCCCCc3ccccc3)CC2)N(c2ccc3c(c2)CCC3)C1=O. The van der Waals surface area contributed by atoms with Crippen molar-refractivity contribution in [2.75, 3.05) is 24.5 Å². The number of nitrogens with zero attached hydrogens (tertiary/aromatic N) is 2. The van der Waals surface area contributed by atoms with Gasteiger partial charge in [0.15, 0.2) is 0 Å². The quantitative estimate of drug-likeness (QED) is 0.414. The molecule has 0 saturated carbocycles. The molecule has 38 heavy (non-hydrogen) atoms. The van der Waals surface area contributed by atoms with Gasteiger partial charge in [0, 0.05) is 18.8 Å². The van der Waals surface area contributed by atoms with E-state index in [2.05, 4.69) is 72.6 Å². The highest BCUT2D eigenvalue weighted by atomic mass is 16.2. The number of carbonyl (C=O) groups excluding carboxylic acids is 2. The first kappa shape index (κ1) is 26.9. The van der Waals surface area contributed by atoms with Crippen LogP contribution >= 0.6 is 0 Å². The molecule has 5 rings (SSSR count). The second kappa shape index (κ2) is 12.0. The first-order valence-electron chi connectivity index (χ1n) is 15.0. The molecule has 0 aromatic heterocycles. The van der Waals surface area contributed by atoms with Crippen molar-refractivity contribution in [2.24, 2.45) is 5.92 Å². The second-order valence-corrected chi connectivity index (χ2v) is 12.2. The van der Waals surface area contributed by atoms with Gasteiger partial charge in [-0.2, -0.15) is 0 Å². The maximum atomic E-state index is 13.9. The Morgan fingerprint density at radius 3 is 2.42 bits per heavy atom. The molecule has 5 nitrogen and oxygen atoms in total. The minimum atomic E-state index is -0.774. The van der Waals surface area contributed by atoms with Crippen LogP contribution in [0.3, 0.4) is 0 Å². The Morgan fingerprint density at radius 1 is 0.921 bits per heavy atom. The number of benzene rings is 2. The lowest BCUT2D eigenvalue weighted by Crippen LogP contribution is -2.73. The highest BCUT2D eigenvalue weighted by Gasteiger charge is 2.54. The number of hydrogen-bond acceptors (Lipinski definition) is 3. The highest BCUT2D eigenvalue weighted by molar-refractivity contribution is 6.11. The summed E-state index contributed by atoms with van der Waals surface area (Å²) >= 11 is 0. The summed E-state index contributed by atoms with van der Waals surface area (Å²) in [6.07, 6.45) is 11.5. The molecule has 2 heterocycles. The summed E-state index contributed by atoms with van der Waals surface area (Å²) in [5.41, 5.74) is 4.32. The molecule has 0 radical (unpaired) electrons. The monoisotopic (exact) mass is 515 g/mol. The van der Waals surface area contributed by atoms with Crippen LogP contribution in [0.25, 0.3) is 0 Å². The van der Waals surface area contributed by atoms with Gasteiger partial charge in [0.05, 0.1) is 0 Å². The summed E-state index contributed by atoms with van der Waals surface area (Å²) in [5, 5.41) is 3.16. The van der Waals surface area contributed by atoms with Crippen LogP contribution in [-0.4, -0.2) is 47.9 Å². The Hall–Kier alpha value is -2.66. The van der Waals surface area contributed by atoms with E-state index in [0.29, 0.717) is 25.2 Å². The van der Waals surface area contributed by atoms with Crippen molar-refractivity contribution in [3.8, 4) is 0 Å². The standard InChI is InChI=1S/C33H45N3O2/c1-25(2)23-30-31(37)36(29-17-16-27-14-10-15-28(27)24-29)33(32(38)34-30)18-21-35(22-19-33)20-9-4-3-6-11-26-12-7-5-8-13-26/h5,7-8,12-13,16-17,24-25,30H,3-4,6,9-11,14-15,18-23H2,1-2H3,(H,34,38)/t30-/m0/s1. The number of unbranched alkanes of at least 4 members (excludes halogenated alkanes) is 3. The fourth-order valence-corrected chi connectivity index (χ4v) is 6.79. The summed E-state index contributed by atoms with van der Waals surface area (Å²) in [5.74, 6) is 0.460. The van der Waals surface area contributed by atoms with E-state index in [9.17, 15) is 9.59 Å². The lowest BCUT2D eigenvalue weighted by atomic mass is 9.80. The third-order valence-electron chi connectivity index (χ3n) is 8.94. The van der Waals surface area contributed by atoms with Gasteiger partial charge >= 0.3 is 0 Å². The third-order valence-corrected chi connectivity index (χ3v) is 8.94. The zero-order valence-corrected chi connectivity index (χ0v) is 23.4. The Bertz CT molecular complexity index is 1100. The molecule has 1 aliphatic carbocycles. The Balaban J connectivity index is 1.21. The average molecular weight is 516 g/mol. The summed E-state index contributed by atoms with van der Waals surface area (Å²) in [6.45, 7) is 7.03. The van der Waals surface area contributed by atoms with Crippen molar-refractivity contribution in [2.45, 2.75) is 96.1 Å². The number of likely N-dealkylation sites (tertiary alicyclic amines) is 1. The minimum Gasteiger partial charge on any atom is -0.342 e. The van der Waals surface area contributed by atoms with E-state index >= 15 is 0 Å². The Kier molecular flexibility index (Phi) is 8.52. The Labute approximate surface area is 229 Å². The predicted octanol–water partition coefficient (Wildman–Crippen LogP) is 5.69. The fraction of sp³-hybridized carbons (Fsp3) is 0.576. The van der Waals surface area contributed by atoms with E-state index in [1.807, 2.05) is 4.90 Å². The van der Waals surface area contributed by atoms with Crippen molar-refractivity contribution in [3.05, 3.63) is 65.2 Å². The van der Waals surface area contributed by atoms with Gasteiger partial charge in [0.2, 0.25) is 5.91 Å². The summed E-state index contributed by atoms with van der Waals surface area (Å²) in [4.78, 5) is 32.1. The lowest BCUT2D eigenvalue weighted by molar-refractivity contribution is -0.140. The largest absolute Gasteiger partial charge is 0.342 e. The van der Waals surface area contributed by atoms with E-state index in [4.69, 9.17) is 0 Å². The molecular weight excluding hydrogens is 470 g/mol. The van der Waals surface area contributed by atoms with Crippen LogP contribution in [0.4, 0.5) is 5.69 Å². The van der Waals surface area contributed by atoms with Crippen molar-refractivity contribution in [1.29, 1.82) is 0 Å². The van der Waals surface area contributed by atoms with Crippen LogP contribution in [-0.2, 0) is 28.9 Å². The number of rotatable bonds is 10. The number of aryl methyl sites for hydroxylation is 3. The third kappa shape index (κ3) is 5.83. The molecule has 1 N–H and O–H groups in total. The second-order valence-electron chi connectivity index (χ2n) is 12.2. The molecule has 2 aliphatic heterocycles. The Morgan fingerprint density at radius 2 is 1.66 bits per heavy atom. The summed E-state index contributed by atoms with van der Waals surface area (Å²) in [6, 6.07) is 16.8. The number of amides is 2. The van der Waals surface area contributed by atoms with Gasteiger partial charge in [-0.3, -0.25) is 14.5 Å². The molecule has 1 atom stereocenters. The van der Waals surface area contributed by atoms with E-state index in [0.717, 1.165) is 44.6 Å². The van der Waals surface area contributed by atoms with Crippen molar-refractivity contribution < 1.29 is 9.59 Å². The van der Waals surface area contributed by atoms with E-state index in [-0.39, 0.29) is 11.8 Å². The van der Waals surface area contributed by atoms with Gasteiger partial charge in [-0.1, -0.05) is 63.1 Å². The van der Waals surface area contributed by atoms with Crippen molar-refractivity contribution in [3.63, 3.8) is 0 Å². The van der Waals surface area contributed by atoms with Gasteiger partial charge in [0.25, 0.3) is 5.91 Å². The van der Waals surface area contributed by atoms with E-state index in [1.165, 1.54) is 48.8 Å². The number of piperidine rings is 1. The zero-order valence-electron chi connectivity index (χ0n) is 23.4. The summed E-state index contributed by atoms with van der Waals surface area (Å²) < 4.78 is 0. The first-order chi connectivity index (χ1) is 18.5. The van der Waals surface area contributed by atoms with Crippen molar-refractivity contribution in [1.82, 2.24) is 10.2 Å². The number of carbonyl (C=O) groups is 2. The average Bonchev–Trinajstić information content (AvgIpc) is 3.39. The van der Waals surface area contributed by atoms with Gasteiger partial charge in [-0.15, -0.1) is 0 Å². The number of nitrogens with one attached hydrogen (secondary N) is 1. The molecule has 2 aromatic carbocycles. The number of anilines is 1. The molecule has 1 spiro atoms.